The topological polar surface area (TPSA) is 111 Å². The molecule has 0 bridgehead atoms. The van der Waals surface area contributed by atoms with E-state index in [1.807, 2.05) is 65.8 Å². The minimum Gasteiger partial charge on any atom is -0.329 e. The molecule has 4 N–H and O–H groups in total. The fourth-order valence-corrected chi connectivity index (χ4v) is 3.74. The highest BCUT2D eigenvalue weighted by molar-refractivity contribution is 7.16. The molecule has 0 fully saturated rings. The zero-order chi connectivity index (χ0) is 19.6. The van der Waals surface area contributed by atoms with E-state index >= 15 is 0 Å². The molecule has 3 heterocycles. The van der Waals surface area contributed by atoms with Gasteiger partial charge in [-0.25, -0.2) is 9.78 Å². The Bertz CT molecular complexity index is 1240. The van der Waals surface area contributed by atoms with Gasteiger partial charge in [0.1, 0.15) is 6.17 Å². The van der Waals surface area contributed by atoms with Crippen LogP contribution in [0.4, 0.5) is 23.3 Å². The largest absolute Gasteiger partial charge is 0.351 e. The van der Waals surface area contributed by atoms with Crippen LogP contribution in [-0.4, -0.2) is 26.1 Å². The van der Waals surface area contributed by atoms with E-state index in [0.717, 1.165) is 21.6 Å². The summed E-state index contributed by atoms with van der Waals surface area (Å²) in [6.07, 6.45) is 3.49. The Morgan fingerprint density at radius 2 is 2.00 bits per heavy atom. The second kappa shape index (κ2) is 7.24. The molecule has 4 aromatic rings. The van der Waals surface area contributed by atoms with Crippen molar-refractivity contribution in [2.75, 3.05) is 15.6 Å². The van der Waals surface area contributed by atoms with Crippen LogP contribution in [0.25, 0.3) is 10.2 Å². The molecule has 2 aromatic carbocycles. The Morgan fingerprint density at radius 1 is 1.10 bits per heavy atom. The first-order chi connectivity index (χ1) is 14.2. The Labute approximate surface area is 169 Å². The molecule has 1 atom stereocenters. The van der Waals surface area contributed by atoms with Gasteiger partial charge in [-0.2, -0.15) is 9.97 Å². The number of thiazole rings is 1. The summed E-state index contributed by atoms with van der Waals surface area (Å²) in [7, 11) is 0. The van der Waals surface area contributed by atoms with E-state index in [4.69, 9.17) is 0 Å². The van der Waals surface area contributed by atoms with E-state index in [9.17, 15) is 4.79 Å². The lowest BCUT2D eigenvalue weighted by atomic mass is 10.3. The Kier molecular flexibility index (Phi) is 4.30. The number of hydrogen-bond donors (Lipinski definition) is 4. The molecule has 0 aliphatic carbocycles. The van der Waals surface area contributed by atoms with Crippen molar-refractivity contribution in [2.45, 2.75) is 6.17 Å². The molecule has 1 aliphatic heterocycles. The Balaban J connectivity index is 1.37. The van der Waals surface area contributed by atoms with E-state index in [2.05, 4.69) is 36.0 Å². The average Bonchev–Trinajstić information content (AvgIpc) is 3.37. The molecule has 0 radical (unpaired) electrons. The Morgan fingerprint density at radius 3 is 2.90 bits per heavy atom. The highest BCUT2D eigenvalue weighted by atomic mass is 32.1. The number of rotatable bonds is 5. The van der Waals surface area contributed by atoms with Gasteiger partial charge in [0.05, 0.1) is 21.4 Å². The van der Waals surface area contributed by atoms with Crippen LogP contribution < -0.4 is 26.8 Å². The van der Waals surface area contributed by atoms with Gasteiger partial charge in [-0.05, 0) is 36.4 Å². The molecule has 0 spiro atoms. The van der Waals surface area contributed by atoms with Crippen molar-refractivity contribution in [3.05, 3.63) is 76.8 Å². The van der Waals surface area contributed by atoms with Crippen LogP contribution >= 0.6 is 11.3 Å². The number of aromatic nitrogens is 4. The van der Waals surface area contributed by atoms with Gasteiger partial charge < -0.3 is 16.1 Å². The lowest BCUT2D eigenvalue weighted by Gasteiger charge is -2.27. The molecule has 1 aliphatic rings. The first-order valence-corrected chi connectivity index (χ1v) is 9.75. The van der Waals surface area contributed by atoms with E-state index in [1.54, 1.807) is 16.8 Å². The molecule has 1 unspecified atom stereocenters. The molecule has 0 saturated heterocycles. The summed E-state index contributed by atoms with van der Waals surface area (Å²) in [5, 5.41) is 8.20. The first kappa shape index (κ1) is 17.2. The van der Waals surface area contributed by atoms with Crippen LogP contribution in [0.3, 0.4) is 0 Å². The van der Waals surface area contributed by atoms with Gasteiger partial charge in [0, 0.05) is 11.9 Å². The van der Waals surface area contributed by atoms with Crippen molar-refractivity contribution < 1.29 is 0 Å². The second-order valence-electron chi connectivity index (χ2n) is 6.27. The fourth-order valence-electron chi connectivity index (χ4n) is 3.03. The van der Waals surface area contributed by atoms with E-state index < -0.39 is 5.69 Å². The molecule has 0 amide bonds. The van der Waals surface area contributed by atoms with Crippen LogP contribution in [-0.2, 0) is 0 Å². The lowest BCUT2D eigenvalue weighted by molar-refractivity contribution is 0.730. The summed E-state index contributed by atoms with van der Waals surface area (Å²) in [5.74, 6) is 0.520. The molecule has 9 nitrogen and oxygen atoms in total. The van der Waals surface area contributed by atoms with Gasteiger partial charge in [0.2, 0.25) is 11.9 Å². The summed E-state index contributed by atoms with van der Waals surface area (Å²) in [6.45, 7) is 0. The molecule has 5 rings (SSSR count). The van der Waals surface area contributed by atoms with Crippen molar-refractivity contribution in [1.29, 1.82) is 0 Å². The number of nitrogens with zero attached hydrogens (tertiary/aromatic N) is 4. The first-order valence-electron chi connectivity index (χ1n) is 8.87. The number of benzene rings is 2. The summed E-state index contributed by atoms with van der Waals surface area (Å²) >= 11 is 1.55. The zero-order valence-electron chi connectivity index (χ0n) is 15.0. The molecule has 29 heavy (non-hydrogen) atoms. The lowest BCUT2D eigenvalue weighted by Crippen LogP contribution is -2.42. The monoisotopic (exact) mass is 404 g/mol. The molecule has 144 valence electrons. The zero-order valence-corrected chi connectivity index (χ0v) is 15.9. The molecular formula is C19H16N8OS. The SMILES string of the molecule is O=c1nc(NC2C=CNN2c2ccccc2)nc(Nc2ccc3ncsc3c2)[nH]1. The molecule has 10 heteroatoms. The maximum atomic E-state index is 12.1. The van der Waals surface area contributed by atoms with Crippen LogP contribution in [0.15, 0.2) is 71.1 Å². The number of anilines is 4. The predicted molar refractivity (Wildman–Crippen MR) is 114 cm³/mol. The normalized spacial score (nSPS) is 15.4. The highest BCUT2D eigenvalue weighted by Crippen LogP contribution is 2.23. The van der Waals surface area contributed by atoms with E-state index in [-0.39, 0.29) is 12.1 Å². The van der Waals surface area contributed by atoms with E-state index in [0.29, 0.717) is 5.95 Å². The third-order valence-electron chi connectivity index (χ3n) is 4.33. The summed E-state index contributed by atoms with van der Waals surface area (Å²) < 4.78 is 1.05. The van der Waals surface area contributed by atoms with Gasteiger partial charge in [-0.1, -0.05) is 18.2 Å². The average molecular weight is 404 g/mol. The smallest absolute Gasteiger partial charge is 0.329 e. The van der Waals surface area contributed by atoms with Crippen molar-refractivity contribution in [3.8, 4) is 0 Å². The highest BCUT2D eigenvalue weighted by Gasteiger charge is 2.21. The summed E-state index contributed by atoms with van der Waals surface area (Å²) in [5.41, 5.74) is 7.16. The number of hydrogen-bond acceptors (Lipinski definition) is 9. The van der Waals surface area contributed by atoms with E-state index in [1.165, 1.54) is 0 Å². The van der Waals surface area contributed by atoms with Crippen molar-refractivity contribution in [1.82, 2.24) is 25.4 Å². The number of nitrogens with one attached hydrogen (secondary N) is 4. The number of hydrazine groups is 1. The molecular weight excluding hydrogens is 388 g/mol. The van der Waals surface area contributed by atoms with Crippen LogP contribution in [0.1, 0.15) is 0 Å². The standard InChI is InChI=1S/C19H16N8OS/c28-19-25-17(22-12-6-7-14-15(10-12)29-11-20-14)24-18(26-19)23-16-8-9-21-27(16)13-4-2-1-3-5-13/h1-11,16,21H,(H3,22,23,24,25,26,28). The maximum Gasteiger partial charge on any atom is 0.351 e. The molecule has 0 saturated carbocycles. The van der Waals surface area contributed by atoms with Crippen LogP contribution in [0, 0.1) is 0 Å². The van der Waals surface area contributed by atoms with Crippen LogP contribution in [0.2, 0.25) is 0 Å². The number of para-hydroxylation sites is 1. The van der Waals surface area contributed by atoms with Gasteiger partial charge in [-0.15, -0.1) is 11.3 Å². The number of H-pyrrole nitrogens is 1. The third-order valence-corrected chi connectivity index (χ3v) is 5.12. The second-order valence-corrected chi connectivity index (χ2v) is 7.16. The summed E-state index contributed by atoms with van der Waals surface area (Å²) in [6, 6.07) is 15.6. The Hall–Kier alpha value is -3.92. The van der Waals surface area contributed by atoms with Gasteiger partial charge in [0.25, 0.3) is 0 Å². The number of aromatic amines is 1. The fraction of sp³-hybridized carbons (Fsp3) is 0.0526. The maximum absolute atomic E-state index is 12.1. The quantitative estimate of drug-likeness (QED) is 0.402. The molecule has 2 aromatic heterocycles. The minimum absolute atomic E-state index is 0.217. The van der Waals surface area contributed by atoms with Crippen molar-refractivity contribution in [2.24, 2.45) is 0 Å². The predicted octanol–water partition coefficient (Wildman–Crippen LogP) is 2.79. The van der Waals surface area contributed by atoms with Gasteiger partial charge in [-0.3, -0.25) is 9.99 Å². The van der Waals surface area contributed by atoms with Crippen molar-refractivity contribution >= 4 is 44.8 Å². The minimum atomic E-state index is -0.495. The van der Waals surface area contributed by atoms with Crippen LogP contribution in [0.5, 0.6) is 0 Å². The third kappa shape index (κ3) is 3.60. The number of fused-ring (bicyclic) bond motifs is 1. The van der Waals surface area contributed by atoms with Gasteiger partial charge in [0.15, 0.2) is 0 Å². The van der Waals surface area contributed by atoms with Crippen molar-refractivity contribution in [3.63, 3.8) is 0 Å². The van der Waals surface area contributed by atoms with Gasteiger partial charge >= 0.3 is 5.69 Å². The summed E-state index contributed by atoms with van der Waals surface area (Å²) in [4.78, 5) is 27.3.